The van der Waals surface area contributed by atoms with Crippen LogP contribution in [0.25, 0.3) is 0 Å². The Morgan fingerprint density at radius 1 is 1.40 bits per heavy atom. The van der Waals surface area contributed by atoms with Gasteiger partial charge in [0, 0.05) is 12.2 Å². The third kappa shape index (κ3) is 2.54. The van der Waals surface area contributed by atoms with Gasteiger partial charge in [-0.1, -0.05) is 18.2 Å². The number of carbonyl (C=O) groups excluding carboxylic acids is 2. The van der Waals surface area contributed by atoms with Crippen molar-refractivity contribution in [3.63, 3.8) is 0 Å². The van der Waals surface area contributed by atoms with Crippen LogP contribution in [0.5, 0.6) is 0 Å². The number of nitrogens with one attached hydrogen (secondary N) is 1. The fourth-order valence-corrected chi connectivity index (χ4v) is 2.99. The average Bonchev–Trinajstić information content (AvgIpc) is 2.49. The molecule has 106 valence electrons. The average molecular weight is 274 g/mol. The number of rotatable bonds is 2. The summed E-state index contributed by atoms with van der Waals surface area (Å²) in [6.07, 6.45) is 2.29. The molecule has 2 amide bonds. The molecule has 0 saturated carbocycles. The van der Waals surface area contributed by atoms with Gasteiger partial charge in [0.05, 0.1) is 19.5 Å². The summed E-state index contributed by atoms with van der Waals surface area (Å²) in [4.78, 5) is 26.1. The number of hydrogen-bond acceptors (Lipinski definition) is 2. The lowest BCUT2D eigenvalue weighted by molar-refractivity contribution is -0.678. The summed E-state index contributed by atoms with van der Waals surface area (Å²) in [6, 6.07) is 7.77. The molecule has 2 aliphatic rings. The lowest BCUT2D eigenvalue weighted by Gasteiger charge is -2.30. The van der Waals surface area contributed by atoms with Gasteiger partial charge < -0.3 is 15.5 Å². The molecule has 0 radical (unpaired) electrons. The minimum absolute atomic E-state index is 0.0186. The molecule has 5 heteroatoms. The molecular weight excluding hydrogens is 254 g/mol. The Bertz CT molecular complexity index is 530. The number of amides is 2. The zero-order chi connectivity index (χ0) is 13.9. The molecular formula is C15H20N3O2+. The first kappa shape index (κ1) is 13.1. The van der Waals surface area contributed by atoms with Gasteiger partial charge in [0.1, 0.15) is 0 Å². The van der Waals surface area contributed by atoms with Crippen LogP contribution in [-0.4, -0.2) is 37.5 Å². The van der Waals surface area contributed by atoms with E-state index in [-0.39, 0.29) is 24.3 Å². The SMILES string of the molecule is O=C1NCC[NH2+][C@@H]1CC(=O)N1CCCc2ccccc21. The minimum atomic E-state index is -0.273. The molecule has 1 fully saturated rings. The Morgan fingerprint density at radius 2 is 2.25 bits per heavy atom. The molecule has 3 rings (SSSR count). The van der Waals surface area contributed by atoms with Crippen LogP contribution < -0.4 is 15.5 Å². The predicted molar refractivity (Wildman–Crippen MR) is 75.3 cm³/mol. The van der Waals surface area contributed by atoms with Crippen LogP contribution in [0.15, 0.2) is 24.3 Å². The largest absolute Gasteiger partial charge is 0.345 e. The number of fused-ring (bicyclic) bond motifs is 1. The van der Waals surface area contributed by atoms with Gasteiger partial charge in [0.15, 0.2) is 6.04 Å². The Hall–Kier alpha value is -1.88. The molecule has 1 saturated heterocycles. The summed E-state index contributed by atoms with van der Waals surface area (Å²) in [5.74, 6) is 0.0327. The van der Waals surface area contributed by atoms with Crippen molar-refractivity contribution < 1.29 is 14.9 Å². The highest BCUT2D eigenvalue weighted by Crippen LogP contribution is 2.27. The first-order chi connectivity index (χ1) is 9.75. The van der Waals surface area contributed by atoms with Gasteiger partial charge in [-0.15, -0.1) is 0 Å². The van der Waals surface area contributed by atoms with E-state index in [4.69, 9.17) is 0 Å². The van der Waals surface area contributed by atoms with Gasteiger partial charge in [-0.05, 0) is 24.5 Å². The molecule has 0 unspecified atom stereocenters. The standard InChI is InChI=1S/C15H19N3O2/c19-14(10-12-15(20)17-8-7-16-12)18-9-3-5-11-4-1-2-6-13(11)18/h1-2,4,6,12,16H,3,5,7-10H2,(H,17,20)/p+1/t12-/m1/s1. The number of anilines is 1. The van der Waals surface area contributed by atoms with Crippen LogP contribution in [-0.2, 0) is 16.0 Å². The smallest absolute Gasteiger partial charge is 0.278 e. The Labute approximate surface area is 118 Å². The number of nitrogens with two attached hydrogens (primary N) is 1. The lowest BCUT2D eigenvalue weighted by Crippen LogP contribution is -2.96. The van der Waals surface area contributed by atoms with E-state index in [0.29, 0.717) is 6.54 Å². The van der Waals surface area contributed by atoms with Crippen molar-refractivity contribution in [3.8, 4) is 0 Å². The van der Waals surface area contributed by atoms with E-state index in [9.17, 15) is 9.59 Å². The van der Waals surface area contributed by atoms with E-state index < -0.39 is 0 Å². The van der Waals surface area contributed by atoms with Crippen molar-refractivity contribution in [1.82, 2.24) is 5.32 Å². The number of nitrogens with zero attached hydrogens (tertiary/aromatic N) is 1. The van der Waals surface area contributed by atoms with E-state index in [0.717, 1.165) is 31.6 Å². The molecule has 1 aromatic carbocycles. The second kappa shape index (κ2) is 5.63. The highest BCUT2D eigenvalue weighted by atomic mass is 16.2. The van der Waals surface area contributed by atoms with E-state index >= 15 is 0 Å². The Morgan fingerprint density at radius 3 is 3.10 bits per heavy atom. The number of piperazine rings is 1. The third-order valence-electron chi connectivity index (χ3n) is 4.04. The minimum Gasteiger partial charge on any atom is -0.345 e. The quantitative estimate of drug-likeness (QED) is 0.757. The fraction of sp³-hybridized carbons (Fsp3) is 0.467. The first-order valence-electron chi connectivity index (χ1n) is 7.25. The number of benzene rings is 1. The van der Waals surface area contributed by atoms with Crippen LogP contribution >= 0.6 is 0 Å². The van der Waals surface area contributed by atoms with Gasteiger partial charge in [-0.3, -0.25) is 9.59 Å². The van der Waals surface area contributed by atoms with Crippen LogP contribution in [0.4, 0.5) is 5.69 Å². The van der Waals surface area contributed by atoms with Gasteiger partial charge >= 0.3 is 0 Å². The summed E-state index contributed by atoms with van der Waals surface area (Å²) >= 11 is 0. The first-order valence-corrected chi connectivity index (χ1v) is 7.25. The maximum Gasteiger partial charge on any atom is 0.278 e. The van der Waals surface area contributed by atoms with Crippen LogP contribution in [0.1, 0.15) is 18.4 Å². The molecule has 0 aliphatic carbocycles. The number of aryl methyl sites for hydroxylation is 1. The fourth-order valence-electron chi connectivity index (χ4n) is 2.99. The van der Waals surface area contributed by atoms with Crippen molar-refractivity contribution in [2.75, 3.05) is 24.5 Å². The second-order valence-electron chi connectivity index (χ2n) is 5.40. The molecule has 5 nitrogen and oxygen atoms in total. The van der Waals surface area contributed by atoms with Crippen molar-refractivity contribution in [1.29, 1.82) is 0 Å². The van der Waals surface area contributed by atoms with Crippen LogP contribution in [0.2, 0.25) is 0 Å². The summed E-state index contributed by atoms with van der Waals surface area (Å²) < 4.78 is 0. The third-order valence-corrected chi connectivity index (χ3v) is 4.04. The van der Waals surface area contributed by atoms with E-state index in [2.05, 4.69) is 11.4 Å². The van der Waals surface area contributed by atoms with Gasteiger partial charge in [-0.2, -0.15) is 0 Å². The highest BCUT2D eigenvalue weighted by molar-refractivity contribution is 5.97. The summed E-state index contributed by atoms with van der Waals surface area (Å²) in [7, 11) is 0. The number of para-hydroxylation sites is 1. The number of quaternary nitrogens is 1. The summed E-state index contributed by atoms with van der Waals surface area (Å²) in [6.45, 7) is 2.29. The zero-order valence-corrected chi connectivity index (χ0v) is 11.5. The number of hydrogen-bond donors (Lipinski definition) is 2. The number of carbonyl (C=O) groups is 2. The maximum absolute atomic E-state index is 12.5. The molecule has 20 heavy (non-hydrogen) atoms. The van der Waals surface area contributed by atoms with E-state index in [1.807, 2.05) is 28.4 Å². The summed E-state index contributed by atoms with van der Waals surface area (Å²) in [5, 5.41) is 4.78. The van der Waals surface area contributed by atoms with Gasteiger partial charge in [-0.25, -0.2) is 0 Å². The molecule has 1 atom stereocenters. The molecule has 2 aliphatic heterocycles. The van der Waals surface area contributed by atoms with Crippen molar-refractivity contribution in [2.24, 2.45) is 0 Å². The molecule has 0 bridgehead atoms. The lowest BCUT2D eigenvalue weighted by atomic mass is 10.0. The van der Waals surface area contributed by atoms with Crippen LogP contribution in [0, 0.1) is 0 Å². The van der Waals surface area contributed by atoms with E-state index in [1.165, 1.54) is 5.56 Å². The van der Waals surface area contributed by atoms with Crippen molar-refractivity contribution in [2.45, 2.75) is 25.3 Å². The molecule has 3 N–H and O–H groups in total. The molecule has 2 heterocycles. The molecule has 0 spiro atoms. The monoisotopic (exact) mass is 274 g/mol. The second-order valence-corrected chi connectivity index (χ2v) is 5.40. The summed E-state index contributed by atoms with van der Waals surface area (Å²) in [5.41, 5.74) is 2.24. The topological polar surface area (TPSA) is 66.0 Å². The Balaban J connectivity index is 1.73. The maximum atomic E-state index is 12.5. The van der Waals surface area contributed by atoms with Gasteiger partial charge in [0.2, 0.25) is 5.91 Å². The zero-order valence-electron chi connectivity index (χ0n) is 11.5. The van der Waals surface area contributed by atoms with Crippen LogP contribution in [0.3, 0.4) is 0 Å². The van der Waals surface area contributed by atoms with Crippen molar-refractivity contribution in [3.05, 3.63) is 29.8 Å². The molecule has 0 aromatic heterocycles. The predicted octanol–water partition coefficient (Wildman–Crippen LogP) is -0.582. The Kier molecular flexibility index (Phi) is 3.69. The molecule has 1 aromatic rings. The van der Waals surface area contributed by atoms with E-state index in [1.54, 1.807) is 0 Å². The van der Waals surface area contributed by atoms with Crippen molar-refractivity contribution >= 4 is 17.5 Å². The van der Waals surface area contributed by atoms with Gasteiger partial charge in [0.25, 0.3) is 5.91 Å². The normalized spacial score (nSPS) is 22.1. The highest BCUT2D eigenvalue weighted by Gasteiger charge is 2.31.